The van der Waals surface area contributed by atoms with Crippen molar-refractivity contribution in [3.63, 3.8) is 0 Å². The summed E-state index contributed by atoms with van der Waals surface area (Å²) in [5.74, 6) is 0. The minimum atomic E-state index is 0.549. The quantitative estimate of drug-likeness (QED) is 0.831. The standard InChI is InChI=1S/C16H23NO/c1-18-11-10-16(8-9-16)12-17-15-7-6-13-4-2-3-5-14(13)15/h2-5,15,17H,6-12H2,1H3/t15-/m0/s1. The number of methoxy groups -OCH3 is 1. The number of benzene rings is 1. The lowest BCUT2D eigenvalue weighted by Gasteiger charge is -2.20. The van der Waals surface area contributed by atoms with Crippen LogP contribution in [0, 0.1) is 5.41 Å². The molecule has 2 aliphatic rings. The summed E-state index contributed by atoms with van der Waals surface area (Å²) < 4.78 is 5.22. The minimum absolute atomic E-state index is 0.549. The first-order valence-electron chi connectivity index (χ1n) is 7.13. The molecule has 0 spiro atoms. The van der Waals surface area contributed by atoms with Crippen LogP contribution in [0.25, 0.3) is 0 Å². The Morgan fingerprint density at radius 2 is 2.17 bits per heavy atom. The second kappa shape index (κ2) is 5.02. The smallest absolute Gasteiger partial charge is 0.0468 e. The van der Waals surface area contributed by atoms with Crippen molar-refractivity contribution in [1.82, 2.24) is 5.32 Å². The minimum Gasteiger partial charge on any atom is -0.385 e. The van der Waals surface area contributed by atoms with Crippen LogP contribution < -0.4 is 5.32 Å². The average molecular weight is 245 g/mol. The molecular weight excluding hydrogens is 222 g/mol. The fourth-order valence-electron chi connectivity index (χ4n) is 3.12. The SMILES string of the molecule is COCCC1(CN[C@H]2CCc3ccccc32)CC1. The lowest BCUT2D eigenvalue weighted by atomic mass is 10.0. The van der Waals surface area contributed by atoms with Gasteiger partial charge in [-0.25, -0.2) is 0 Å². The Hall–Kier alpha value is -0.860. The zero-order valence-electron chi connectivity index (χ0n) is 11.2. The molecule has 0 amide bonds. The highest BCUT2D eigenvalue weighted by Gasteiger charge is 2.42. The van der Waals surface area contributed by atoms with Crippen molar-refractivity contribution in [2.45, 2.75) is 38.1 Å². The summed E-state index contributed by atoms with van der Waals surface area (Å²) in [6.07, 6.45) is 6.46. The van der Waals surface area contributed by atoms with Gasteiger partial charge in [-0.3, -0.25) is 0 Å². The van der Waals surface area contributed by atoms with Crippen LogP contribution in [-0.4, -0.2) is 20.3 Å². The Labute approximate surface area is 110 Å². The van der Waals surface area contributed by atoms with Gasteiger partial charge in [-0.15, -0.1) is 0 Å². The van der Waals surface area contributed by atoms with Gasteiger partial charge in [-0.2, -0.15) is 0 Å². The highest BCUT2D eigenvalue weighted by atomic mass is 16.5. The van der Waals surface area contributed by atoms with Gasteiger partial charge in [-0.05, 0) is 48.6 Å². The fourth-order valence-corrected chi connectivity index (χ4v) is 3.12. The number of rotatable bonds is 6. The van der Waals surface area contributed by atoms with Gasteiger partial charge in [0.1, 0.15) is 0 Å². The van der Waals surface area contributed by atoms with E-state index in [0.717, 1.165) is 13.2 Å². The van der Waals surface area contributed by atoms with Gasteiger partial charge in [0.05, 0.1) is 0 Å². The van der Waals surface area contributed by atoms with Crippen LogP contribution in [-0.2, 0) is 11.2 Å². The third-order valence-electron chi connectivity index (χ3n) is 4.65. The first kappa shape index (κ1) is 12.2. The Kier molecular flexibility index (Phi) is 3.40. The third-order valence-corrected chi connectivity index (χ3v) is 4.65. The number of hydrogen-bond donors (Lipinski definition) is 1. The summed E-state index contributed by atoms with van der Waals surface area (Å²) in [6.45, 7) is 2.07. The normalized spacial score (nSPS) is 23.9. The predicted octanol–water partition coefficient (Wildman–Crippen LogP) is 3.08. The maximum atomic E-state index is 5.22. The van der Waals surface area contributed by atoms with E-state index >= 15 is 0 Å². The van der Waals surface area contributed by atoms with Gasteiger partial charge >= 0.3 is 0 Å². The number of hydrogen-bond acceptors (Lipinski definition) is 2. The zero-order valence-corrected chi connectivity index (χ0v) is 11.2. The van der Waals surface area contributed by atoms with Crippen molar-refractivity contribution < 1.29 is 4.74 Å². The highest BCUT2D eigenvalue weighted by Crippen LogP contribution is 2.48. The van der Waals surface area contributed by atoms with Crippen molar-refractivity contribution >= 4 is 0 Å². The van der Waals surface area contributed by atoms with Gasteiger partial charge in [0, 0.05) is 26.3 Å². The molecule has 0 saturated heterocycles. The number of nitrogens with one attached hydrogen (secondary N) is 1. The van der Waals surface area contributed by atoms with Crippen LogP contribution in [0.15, 0.2) is 24.3 Å². The molecule has 2 heteroatoms. The molecule has 0 bridgehead atoms. The molecule has 98 valence electrons. The molecule has 1 saturated carbocycles. The monoisotopic (exact) mass is 245 g/mol. The molecule has 3 rings (SSSR count). The van der Waals surface area contributed by atoms with E-state index in [0.29, 0.717) is 11.5 Å². The van der Waals surface area contributed by atoms with Gasteiger partial charge in [0.2, 0.25) is 0 Å². The summed E-state index contributed by atoms with van der Waals surface area (Å²) in [6, 6.07) is 9.46. The number of ether oxygens (including phenoxy) is 1. The van der Waals surface area contributed by atoms with Crippen molar-refractivity contribution in [2.24, 2.45) is 5.41 Å². The van der Waals surface area contributed by atoms with E-state index in [1.165, 1.54) is 43.2 Å². The van der Waals surface area contributed by atoms with E-state index in [9.17, 15) is 0 Å². The molecular formula is C16H23NO. The first-order chi connectivity index (χ1) is 8.83. The van der Waals surface area contributed by atoms with Gasteiger partial charge in [0.25, 0.3) is 0 Å². The zero-order chi connectivity index (χ0) is 12.4. The lowest BCUT2D eigenvalue weighted by molar-refractivity contribution is 0.170. The molecule has 0 aromatic heterocycles. The fraction of sp³-hybridized carbons (Fsp3) is 0.625. The van der Waals surface area contributed by atoms with Gasteiger partial charge in [0.15, 0.2) is 0 Å². The molecule has 1 fully saturated rings. The Morgan fingerprint density at radius 3 is 2.94 bits per heavy atom. The summed E-state index contributed by atoms with van der Waals surface area (Å²) in [5, 5.41) is 3.79. The maximum Gasteiger partial charge on any atom is 0.0468 e. The third kappa shape index (κ3) is 2.45. The molecule has 18 heavy (non-hydrogen) atoms. The molecule has 2 nitrogen and oxygen atoms in total. The lowest BCUT2D eigenvalue weighted by Crippen LogP contribution is -2.28. The summed E-state index contributed by atoms with van der Waals surface area (Å²) in [5.41, 5.74) is 3.62. The van der Waals surface area contributed by atoms with Gasteiger partial charge < -0.3 is 10.1 Å². The summed E-state index contributed by atoms with van der Waals surface area (Å²) in [7, 11) is 1.80. The second-order valence-electron chi connectivity index (χ2n) is 5.91. The number of fused-ring (bicyclic) bond motifs is 1. The number of aryl methyl sites for hydroxylation is 1. The molecule has 0 radical (unpaired) electrons. The molecule has 0 aliphatic heterocycles. The summed E-state index contributed by atoms with van der Waals surface area (Å²) in [4.78, 5) is 0. The van der Waals surface area contributed by atoms with Crippen LogP contribution in [0.2, 0.25) is 0 Å². The average Bonchev–Trinajstić information content (AvgIpc) is 3.07. The summed E-state index contributed by atoms with van der Waals surface area (Å²) >= 11 is 0. The van der Waals surface area contributed by atoms with E-state index < -0.39 is 0 Å². The first-order valence-corrected chi connectivity index (χ1v) is 7.13. The molecule has 1 atom stereocenters. The Bertz CT molecular complexity index is 411. The second-order valence-corrected chi connectivity index (χ2v) is 5.91. The van der Waals surface area contributed by atoms with Crippen molar-refractivity contribution in [2.75, 3.05) is 20.3 Å². The van der Waals surface area contributed by atoms with Gasteiger partial charge in [-0.1, -0.05) is 24.3 Å². The molecule has 0 heterocycles. The van der Waals surface area contributed by atoms with E-state index in [-0.39, 0.29) is 0 Å². The van der Waals surface area contributed by atoms with Crippen LogP contribution in [0.1, 0.15) is 42.9 Å². The maximum absolute atomic E-state index is 5.22. The van der Waals surface area contributed by atoms with Crippen molar-refractivity contribution in [3.05, 3.63) is 35.4 Å². The van der Waals surface area contributed by atoms with E-state index in [2.05, 4.69) is 29.6 Å². The molecule has 2 aliphatic carbocycles. The van der Waals surface area contributed by atoms with E-state index in [1.54, 1.807) is 7.11 Å². The van der Waals surface area contributed by atoms with Crippen LogP contribution in [0.3, 0.4) is 0 Å². The van der Waals surface area contributed by atoms with Crippen molar-refractivity contribution in [3.8, 4) is 0 Å². The molecule has 0 unspecified atom stereocenters. The van der Waals surface area contributed by atoms with E-state index in [4.69, 9.17) is 4.74 Å². The van der Waals surface area contributed by atoms with Crippen molar-refractivity contribution in [1.29, 1.82) is 0 Å². The highest BCUT2D eigenvalue weighted by molar-refractivity contribution is 5.34. The topological polar surface area (TPSA) is 21.3 Å². The Morgan fingerprint density at radius 1 is 1.33 bits per heavy atom. The molecule has 1 aromatic rings. The Balaban J connectivity index is 1.56. The molecule has 1 aromatic carbocycles. The van der Waals surface area contributed by atoms with Crippen LogP contribution in [0.5, 0.6) is 0 Å². The largest absolute Gasteiger partial charge is 0.385 e. The van der Waals surface area contributed by atoms with Crippen LogP contribution in [0.4, 0.5) is 0 Å². The van der Waals surface area contributed by atoms with E-state index in [1.807, 2.05) is 0 Å². The predicted molar refractivity (Wildman–Crippen MR) is 73.7 cm³/mol. The molecule has 1 N–H and O–H groups in total. The van der Waals surface area contributed by atoms with Crippen LogP contribution >= 0.6 is 0 Å².